The average molecular weight is 475 g/mol. The summed E-state index contributed by atoms with van der Waals surface area (Å²) >= 11 is 1.49. The summed E-state index contributed by atoms with van der Waals surface area (Å²) in [5, 5.41) is 22.0. The summed E-state index contributed by atoms with van der Waals surface area (Å²) in [5.74, 6) is 1.11. The molecule has 0 bridgehead atoms. The molecule has 3 aromatic carbocycles. The van der Waals surface area contributed by atoms with Crippen LogP contribution in [0.2, 0.25) is 0 Å². The number of nitrogens with one attached hydrogen (secondary N) is 1. The third-order valence-corrected chi connectivity index (χ3v) is 6.16. The number of thioether (sulfide) groups is 1. The van der Waals surface area contributed by atoms with Crippen molar-refractivity contribution in [1.29, 1.82) is 0 Å². The first kappa shape index (κ1) is 23.4. The van der Waals surface area contributed by atoms with Crippen LogP contribution in [0, 0.1) is 0 Å². The molecule has 0 unspecified atom stereocenters. The molecule has 174 valence electrons. The quantitative estimate of drug-likeness (QED) is 0.351. The third kappa shape index (κ3) is 5.40. The molecule has 0 spiro atoms. The number of aromatic nitrogens is 3. The van der Waals surface area contributed by atoms with Crippen molar-refractivity contribution in [1.82, 2.24) is 20.1 Å². The molecule has 0 aliphatic heterocycles. The maximum absolute atomic E-state index is 13.4. The highest BCUT2D eigenvalue weighted by molar-refractivity contribution is 7.98. The van der Waals surface area contributed by atoms with Crippen LogP contribution in [0.15, 0.2) is 84.0 Å². The van der Waals surface area contributed by atoms with Crippen LogP contribution in [-0.4, -0.2) is 39.1 Å². The number of methoxy groups -OCH3 is 1. The van der Waals surface area contributed by atoms with Gasteiger partial charge in [0.2, 0.25) is 5.91 Å². The van der Waals surface area contributed by atoms with Crippen LogP contribution < -0.4 is 10.1 Å². The number of rotatable bonds is 9. The number of phenolic OH excluding ortho intramolecular Hbond substituents is 1. The zero-order valence-electron chi connectivity index (χ0n) is 19.0. The van der Waals surface area contributed by atoms with E-state index in [4.69, 9.17) is 4.74 Å². The number of aromatic hydroxyl groups is 1. The van der Waals surface area contributed by atoms with E-state index >= 15 is 0 Å². The summed E-state index contributed by atoms with van der Waals surface area (Å²) in [6, 6.07) is 24.3. The predicted molar refractivity (Wildman–Crippen MR) is 133 cm³/mol. The molecular formula is C26H26N4O3S. The highest BCUT2D eigenvalue weighted by Gasteiger charge is 2.22. The Kier molecular flexibility index (Phi) is 7.49. The normalized spacial score (nSPS) is 11.7. The second-order valence-electron chi connectivity index (χ2n) is 7.69. The Morgan fingerprint density at radius 2 is 1.74 bits per heavy atom. The monoisotopic (exact) mass is 474 g/mol. The lowest BCUT2D eigenvalue weighted by Crippen LogP contribution is -2.31. The predicted octanol–water partition coefficient (Wildman–Crippen LogP) is 4.35. The van der Waals surface area contributed by atoms with E-state index in [1.807, 2.05) is 77.6 Å². The van der Waals surface area contributed by atoms with Gasteiger partial charge in [0.15, 0.2) is 11.0 Å². The van der Waals surface area contributed by atoms with Crippen molar-refractivity contribution < 1.29 is 14.6 Å². The van der Waals surface area contributed by atoms with E-state index < -0.39 is 0 Å². The van der Waals surface area contributed by atoms with Crippen molar-refractivity contribution in [2.45, 2.75) is 24.0 Å². The van der Waals surface area contributed by atoms with Gasteiger partial charge in [-0.1, -0.05) is 54.2 Å². The smallest absolute Gasteiger partial charge is 0.228 e. The van der Waals surface area contributed by atoms with Crippen LogP contribution in [0.4, 0.5) is 0 Å². The van der Waals surface area contributed by atoms with Crippen LogP contribution in [-0.2, 0) is 17.8 Å². The third-order valence-electron chi connectivity index (χ3n) is 5.53. The molecule has 7 nitrogen and oxygen atoms in total. The molecule has 0 aliphatic carbocycles. The van der Waals surface area contributed by atoms with Gasteiger partial charge in [0, 0.05) is 5.69 Å². The molecule has 8 heteroatoms. The van der Waals surface area contributed by atoms with Crippen LogP contribution in [0.25, 0.3) is 5.69 Å². The van der Waals surface area contributed by atoms with Crippen molar-refractivity contribution in [3.05, 3.63) is 95.8 Å². The van der Waals surface area contributed by atoms with Gasteiger partial charge in [-0.2, -0.15) is 0 Å². The Labute approximate surface area is 202 Å². The highest BCUT2D eigenvalue weighted by atomic mass is 32.2. The summed E-state index contributed by atoms with van der Waals surface area (Å²) in [6.45, 7) is 0.233. The first-order chi connectivity index (χ1) is 16.6. The van der Waals surface area contributed by atoms with Gasteiger partial charge in [0.1, 0.15) is 11.5 Å². The number of carbonyl (C=O) groups excluding carboxylic acids is 1. The number of nitrogens with zero attached hydrogens (tertiary/aromatic N) is 3. The number of benzene rings is 3. The first-order valence-corrected chi connectivity index (χ1v) is 12.0. The number of phenols is 1. The molecule has 0 saturated heterocycles. The maximum Gasteiger partial charge on any atom is 0.228 e. The lowest BCUT2D eigenvalue weighted by Gasteiger charge is -2.18. The molecule has 34 heavy (non-hydrogen) atoms. The zero-order chi connectivity index (χ0) is 23.9. The molecule has 4 rings (SSSR count). The van der Waals surface area contributed by atoms with Crippen LogP contribution >= 0.6 is 11.8 Å². The molecule has 0 radical (unpaired) electrons. The number of hydrogen-bond donors (Lipinski definition) is 2. The molecule has 1 amide bonds. The molecule has 0 fully saturated rings. The van der Waals surface area contributed by atoms with E-state index in [1.165, 1.54) is 11.8 Å². The van der Waals surface area contributed by atoms with Crippen LogP contribution in [0.5, 0.6) is 11.5 Å². The minimum Gasteiger partial charge on any atom is -0.508 e. The Morgan fingerprint density at radius 1 is 1.03 bits per heavy atom. The van der Waals surface area contributed by atoms with Gasteiger partial charge < -0.3 is 15.2 Å². The van der Waals surface area contributed by atoms with Crippen molar-refractivity contribution in [3.63, 3.8) is 0 Å². The maximum atomic E-state index is 13.4. The number of amides is 1. The Hall–Kier alpha value is -3.78. The number of hydrogen-bond acceptors (Lipinski definition) is 6. The largest absolute Gasteiger partial charge is 0.508 e. The standard InChI is InChI=1S/C26H26N4O3S/c1-33-22-14-10-20(11-15-22)30-24(28-29-26(30)34-2)17-27-25(32)23(19-6-4-3-5-7-19)16-18-8-12-21(31)13-9-18/h3-15,23,31H,16-17H2,1-2H3,(H,27,32)/t23-/m1/s1. The number of ether oxygens (including phenoxy) is 1. The minimum absolute atomic E-state index is 0.103. The Bertz CT molecular complexity index is 1230. The first-order valence-electron chi connectivity index (χ1n) is 10.8. The van der Waals surface area contributed by atoms with E-state index in [1.54, 1.807) is 19.2 Å². The average Bonchev–Trinajstić information content (AvgIpc) is 3.30. The highest BCUT2D eigenvalue weighted by Crippen LogP contribution is 2.24. The number of carbonyl (C=O) groups is 1. The van der Waals surface area contributed by atoms with Crippen molar-refractivity contribution >= 4 is 17.7 Å². The topological polar surface area (TPSA) is 89.3 Å². The van der Waals surface area contributed by atoms with Crippen LogP contribution in [0.3, 0.4) is 0 Å². The summed E-state index contributed by atoms with van der Waals surface area (Å²) in [6.07, 6.45) is 2.45. The fourth-order valence-electron chi connectivity index (χ4n) is 3.74. The van der Waals surface area contributed by atoms with E-state index in [0.29, 0.717) is 12.2 Å². The second kappa shape index (κ2) is 10.9. The van der Waals surface area contributed by atoms with Gasteiger partial charge in [0.05, 0.1) is 19.6 Å². The van der Waals surface area contributed by atoms with Gasteiger partial charge in [-0.3, -0.25) is 9.36 Å². The van der Waals surface area contributed by atoms with Crippen molar-refractivity contribution in [3.8, 4) is 17.2 Å². The zero-order valence-corrected chi connectivity index (χ0v) is 19.8. The molecule has 1 atom stereocenters. The van der Waals surface area contributed by atoms with E-state index in [2.05, 4.69) is 15.5 Å². The molecule has 4 aromatic rings. The van der Waals surface area contributed by atoms with Crippen molar-refractivity contribution in [2.24, 2.45) is 0 Å². The SMILES string of the molecule is COc1ccc(-n2c(CNC(=O)[C@H](Cc3ccc(O)cc3)c3ccccc3)nnc2SC)cc1. The van der Waals surface area contributed by atoms with Gasteiger partial charge in [-0.25, -0.2) is 0 Å². The van der Waals surface area contributed by atoms with Gasteiger partial charge >= 0.3 is 0 Å². The summed E-state index contributed by atoms with van der Waals surface area (Å²) in [5.41, 5.74) is 2.78. The van der Waals surface area contributed by atoms with E-state index in [9.17, 15) is 9.90 Å². The van der Waals surface area contributed by atoms with Gasteiger partial charge in [0.25, 0.3) is 0 Å². The lowest BCUT2D eigenvalue weighted by molar-refractivity contribution is -0.122. The Morgan fingerprint density at radius 3 is 2.38 bits per heavy atom. The lowest BCUT2D eigenvalue weighted by atomic mass is 9.91. The van der Waals surface area contributed by atoms with Crippen molar-refractivity contribution in [2.75, 3.05) is 13.4 Å². The molecular weight excluding hydrogens is 448 g/mol. The minimum atomic E-state index is -0.386. The van der Waals surface area contributed by atoms with Crippen LogP contribution in [0.1, 0.15) is 22.9 Å². The summed E-state index contributed by atoms with van der Waals surface area (Å²) in [7, 11) is 1.63. The van der Waals surface area contributed by atoms with Gasteiger partial charge in [-0.15, -0.1) is 10.2 Å². The second-order valence-corrected chi connectivity index (χ2v) is 8.46. The summed E-state index contributed by atoms with van der Waals surface area (Å²) in [4.78, 5) is 13.4. The van der Waals surface area contributed by atoms with Gasteiger partial charge in [-0.05, 0) is 60.2 Å². The van der Waals surface area contributed by atoms with E-state index in [-0.39, 0.29) is 24.1 Å². The molecule has 1 heterocycles. The molecule has 0 aliphatic rings. The fraction of sp³-hybridized carbons (Fsp3) is 0.192. The summed E-state index contributed by atoms with van der Waals surface area (Å²) < 4.78 is 7.19. The molecule has 0 saturated carbocycles. The molecule has 2 N–H and O–H groups in total. The Balaban J connectivity index is 1.55. The van der Waals surface area contributed by atoms with E-state index in [0.717, 1.165) is 27.7 Å². The molecule has 1 aromatic heterocycles. The fourth-order valence-corrected chi connectivity index (χ4v) is 4.26.